The number of aromatic nitrogens is 2. The summed E-state index contributed by atoms with van der Waals surface area (Å²) in [6.45, 7) is 4.11. The predicted octanol–water partition coefficient (Wildman–Crippen LogP) is 5.93. The summed E-state index contributed by atoms with van der Waals surface area (Å²) < 4.78 is 50.5. The van der Waals surface area contributed by atoms with Crippen LogP contribution in [-0.2, 0) is 6.18 Å². The molecule has 0 radical (unpaired) electrons. The zero-order valence-corrected chi connectivity index (χ0v) is 17.7. The van der Waals surface area contributed by atoms with Gasteiger partial charge in [0.1, 0.15) is 22.2 Å². The first-order valence-electron chi connectivity index (χ1n) is 8.92. The number of nitrogens with one attached hydrogen (secondary N) is 1. The minimum atomic E-state index is -4.46. The van der Waals surface area contributed by atoms with Crippen LogP contribution in [-0.4, -0.2) is 30.2 Å². The van der Waals surface area contributed by atoms with Crippen LogP contribution < -0.4 is 14.8 Å². The fourth-order valence-electron chi connectivity index (χ4n) is 2.71. The number of alkyl halides is 3. The molecule has 154 valence electrons. The highest BCUT2D eigenvalue weighted by Gasteiger charge is 2.32. The molecule has 28 heavy (non-hydrogen) atoms. The Balaban J connectivity index is 2.50. The monoisotopic (exact) mass is 461 g/mol. The summed E-state index contributed by atoms with van der Waals surface area (Å²) in [7, 11) is 2.99. The second kappa shape index (κ2) is 9.45. The van der Waals surface area contributed by atoms with Crippen molar-refractivity contribution >= 4 is 21.7 Å². The van der Waals surface area contributed by atoms with Crippen LogP contribution in [0.3, 0.4) is 0 Å². The molecular weight excluding hydrogens is 439 g/mol. The highest BCUT2D eigenvalue weighted by molar-refractivity contribution is 9.10. The van der Waals surface area contributed by atoms with Gasteiger partial charge in [0, 0.05) is 12.6 Å². The summed E-state index contributed by atoms with van der Waals surface area (Å²) in [6, 6.07) is 3.26. The lowest BCUT2D eigenvalue weighted by Crippen LogP contribution is -2.17. The van der Waals surface area contributed by atoms with Crippen LogP contribution in [0.25, 0.3) is 11.3 Å². The van der Waals surface area contributed by atoms with E-state index in [0.717, 1.165) is 31.4 Å². The van der Waals surface area contributed by atoms with E-state index in [1.54, 1.807) is 7.05 Å². The highest BCUT2D eigenvalue weighted by Crippen LogP contribution is 2.40. The molecule has 2 aromatic rings. The van der Waals surface area contributed by atoms with Gasteiger partial charge in [-0.2, -0.15) is 13.2 Å². The second-order valence-electron chi connectivity index (χ2n) is 6.12. The third-order valence-electron chi connectivity index (χ3n) is 4.19. The molecule has 2 rings (SSSR count). The summed E-state index contributed by atoms with van der Waals surface area (Å²) in [5.41, 5.74) is -0.0549. The van der Waals surface area contributed by atoms with Crippen LogP contribution >= 0.6 is 15.9 Å². The number of halogens is 4. The Morgan fingerprint density at radius 2 is 1.93 bits per heavy atom. The Morgan fingerprint density at radius 3 is 2.46 bits per heavy atom. The molecule has 0 saturated heterocycles. The molecule has 1 unspecified atom stereocenters. The summed E-state index contributed by atoms with van der Waals surface area (Å²) in [6.07, 6.45) is -1.78. The fraction of sp³-hybridized carbons (Fsp3) is 0.474. The van der Waals surface area contributed by atoms with Crippen molar-refractivity contribution in [2.75, 3.05) is 19.5 Å². The van der Waals surface area contributed by atoms with Crippen molar-refractivity contribution in [3.8, 4) is 22.9 Å². The lowest BCUT2D eigenvalue weighted by molar-refractivity contribution is -0.137. The van der Waals surface area contributed by atoms with E-state index in [9.17, 15) is 13.2 Å². The number of hydrogen-bond acceptors (Lipinski definition) is 5. The molecule has 0 saturated carbocycles. The molecule has 0 amide bonds. The smallest absolute Gasteiger partial charge is 0.416 e. The molecular formula is C19H23BrF3N3O2. The van der Waals surface area contributed by atoms with Crippen molar-refractivity contribution in [3.05, 3.63) is 28.4 Å². The molecule has 1 heterocycles. The molecule has 5 nitrogen and oxygen atoms in total. The predicted molar refractivity (Wildman–Crippen MR) is 106 cm³/mol. The van der Waals surface area contributed by atoms with Crippen molar-refractivity contribution < 1.29 is 22.6 Å². The van der Waals surface area contributed by atoms with Gasteiger partial charge < -0.3 is 14.8 Å². The standard InChI is InChI=1S/C19H23BrF3N3O2/c1-5-7-12(6-2)28-18-17(24-3)25-15(16(20)26-18)13-9-8-11(19(21,22)23)10-14(13)27-4/h8-10,12H,5-7H2,1-4H3,(H,24,25). The number of methoxy groups -OCH3 is 1. The SMILES string of the molecule is CCCC(CC)Oc1nc(Br)c(-c2ccc(C(F)(F)F)cc2OC)nc1NC. The van der Waals surface area contributed by atoms with Crippen molar-refractivity contribution in [1.29, 1.82) is 0 Å². The average molecular weight is 462 g/mol. The van der Waals surface area contributed by atoms with Gasteiger partial charge in [0.2, 0.25) is 0 Å². The Kier molecular flexibility index (Phi) is 7.51. The summed E-state index contributed by atoms with van der Waals surface area (Å²) in [4.78, 5) is 8.93. The van der Waals surface area contributed by atoms with Crippen LogP contribution in [0, 0.1) is 0 Å². The molecule has 1 atom stereocenters. The fourth-order valence-corrected chi connectivity index (χ4v) is 3.17. The minimum absolute atomic E-state index is 0.00440. The molecule has 1 N–H and O–H groups in total. The van der Waals surface area contributed by atoms with Crippen LogP contribution in [0.15, 0.2) is 22.8 Å². The van der Waals surface area contributed by atoms with E-state index >= 15 is 0 Å². The van der Waals surface area contributed by atoms with Gasteiger partial charge in [-0.05, 0) is 47.0 Å². The van der Waals surface area contributed by atoms with E-state index in [2.05, 4.69) is 38.1 Å². The van der Waals surface area contributed by atoms with E-state index in [1.807, 2.05) is 6.92 Å². The third kappa shape index (κ3) is 5.06. The third-order valence-corrected chi connectivity index (χ3v) is 4.74. The number of nitrogens with zero attached hydrogens (tertiary/aromatic N) is 2. The van der Waals surface area contributed by atoms with Crippen molar-refractivity contribution in [3.63, 3.8) is 0 Å². The topological polar surface area (TPSA) is 56.3 Å². The van der Waals surface area contributed by atoms with Crippen LogP contribution in [0.4, 0.5) is 19.0 Å². The van der Waals surface area contributed by atoms with Gasteiger partial charge in [-0.15, -0.1) is 0 Å². The minimum Gasteiger partial charge on any atom is -0.496 e. The first-order chi connectivity index (χ1) is 13.2. The van der Waals surface area contributed by atoms with E-state index < -0.39 is 11.7 Å². The number of anilines is 1. The molecule has 0 aliphatic rings. The highest BCUT2D eigenvalue weighted by atomic mass is 79.9. The van der Waals surface area contributed by atoms with E-state index in [0.29, 0.717) is 27.6 Å². The summed E-state index contributed by atoms with van der Waals surface area (Å²) >= 11 is 3.36. The van der Waals surface area contributed by atoms with Gasteiger partial charge in [0.15, 0.2) is 5.82 Å². The van der Waals surface area contributed by atoms with Crippen LogP contribution in [0.2, 0.25) is 0 Å². The molecule has 0 spiro atoms. The molecule has 0 fully saturated rings. The first-order valence-corrected chi connectivity index (χ1v) is 9.71. The Labute approximate surface area is 170 Å². The zero-order valence-electron chi connectivity index (χ0n) is 16.2. The van der Waals surface area contributed by atoms with Gasteiger partial charge in [-0.25, -0.2) is 9.97 Å². The zero-order chi connectivity index (χ0) is 20.9. The molecule has 0 bridgehead atoms. The van der Waals surface area contributed by atoms with Gasteiger partial charge >= 0.3 is 6.18 Å². The number of benzene rings is 1. The van der Waals surface area contributed by atoms with Gasteiger partial charge in [-0.1, -0.05) is 20.3 Å². The van der Waals surface area contributed by atoms with Crippen molar-refractivity contribution in [2.24, 2.45) is 0 Å². The number of hydrogen-bond donors (Lipinski definition) is 1. The molecule has 0 aliphatic carbocycles. The van der Waals surface area contributed by atoms with Crippen LogP contribution in [0.5, 0.6) is 11.6 Å². The van der Waals surface area contributed by atoms with Gasteiger partial charge in [0.05, 0.1) is 12.7 Å². The molecule has 0 aliphatic heterocycles. The molecule has 1 aromatic carbocycles. The summed E-state index contributed by atoms with van der Waals surface area (Å²) in [5, 5.41) is 2.94. The summed E-state index contributed by atoms with van der Waals surface area (Å²) in [5.74, 6) is 0.789. The number of rotatable bonds is 8. The largest absolute Gasteiger partial charge is 0.496 e. The Bertz CT molecular complexity index is 816. The number of ether oxygens (including phenoxy) is 2. The maximum Gasteiger partial charge on any atom is 0.416 e. The Hall–Kier alpha value is -2.03. The maximum atomic E-state index is 13.0. The Morgan fingerprint density at radius 1 is 1.21 bits per heavy atom. The van der Waals surface area contributed by atoms with Crippen LogP contribution in [0.1, 0.15) is 38.7 Å². The molecule has 9 heteroatoms. The van der Waals surface area contributed by atoms with Gasteiger partial charge in [0.25, 0.3) is 5.88 Å². The van der Waals surface area contributed by atoms with Crippen molar-refractivity contribution in [2.45, 2.75) is 45.4 Å². The maximum absolute atomic E-state index is 13.0. The first kappa shape index (κ1) is 22.3. The van der Waals surface area contributed by atoms with E-state index in [1.165, 1.54) is 13.2 Å². The normalized spacial score (nSPS) is 12.6. The lowest BCUT2D eigenvalue weighted by atomic mass is 10.1. The lowest BCUT2D eigenvalue weighted by Gasteiger charge is -2.19. The van der Waals surface area contributed by atoms with Crippen molar-refractivity contribution in [1.82, 2.24) is 9.97 Å². The van der Waals surface area contributed by atoms with E-state index in [-0.39, 0.29) is 11.9 Å². The molecule has 1 aromatic heterocycles. The van der Waals surface area contributed by atoms with Gasteiger partial charge in [-0.3, -0.25) is 0 Å². The average Bonchev–Trinajstić information content (AvgIpc) is 2.66. The second-order valence-corrected chi connectivity index (χ2v) is 6.87. The van der Waals surface area contributed by atoms with E-state index in [4.69, 9.17) is 9.47 Å². The quantitative estimate of drug-likeness (QED) is 0.527.